The van der Waals surface area contributed by atoms with Crippen molar-refractivity contribution in [2.45, 2.75) is 25.4 Å². The van der Waals surface area contributed by atoms with Gasteiger partial charge in [-0.25, -0.2) is 4.98 Å². The van der Waals surface area contributed by atoms with Gasteiger partial charge in [-0.2, -0.15) is 0 Å². The molecular formula is C13H22N4O3S. The number of hydrogen-bond donors (Lipinski definition) is 3. The van der Waals surface area contributed by atoms with E-state index in [0.717, 1.165) is 19.4 Å². The van der Waals surface area contributed by atoms with Gasteiger partial charge >= 0.3 is 0 Å². The maximum atomic E-state index is 12.2. The van der Waals surface area contributed by atoms with Gasteiger partial charge < -0.3 is 25.8 Å². The summed E-state index contributed by atoms with van der Waals surface area (Å²) in [5.41, 5.74) is 5.37. The topological polar surface area (TPSA) is 98.5 Å². The molecule has 1 atom stereocenters. The third-order valence-corrected chi connectivity index (χ3v) is 4.48. The molecule has 118 valence electrons. The Labute approximate surface area is 128 Å². The summed E-state index contributed by atoms with van der Waals surface area (Å²) in [5.74, 6) is 0.0307. The second-order valence-electron chi connectivity index (χ2n) is 5.03. The highest BCUT2D eigenvalue weighted by atomic mass is 32.1. The number of methoxy groups -OCH3 is 1. The van der Waals surface area contributed by atoms with E-state index in [2.05, 4.69) is 22.5 Å². The number of amides is 1. The lowest BCUT2D eigenvalue weighted by Gasteiger charge is -2.25. The first-order chi connectivity index (χ1) is 10.1. The first-order valence-corrected chi connectivity index (χ1v) is 7.83. The molecule has 7 nitrogen and oxygen atoms in total. The Hall–Kier alpha value is -1.38. The second-order valence-corrected chi connectivity index (χ2v) is 6.03. The van der Waals surface area contributed by atoms with E-state index in [1.165, 1.54) is 11.3 Å². The van der Waals surface area contributed by atoms with Crippen LogP contribution in [0.25, 0.3) is 0 Å². The summed E-state index contributed by atoms with van der Waals surface area (Å²) >= 11 is 1.27. The number of nitrogen functional groups attached to an aromatic ring is 1. The Kier molecular flexibility index (Phi) is 5.38. The van der Waals surface area contributed by atoms with Gasteiger partial charge in [0.15, 0.2) is 5.13 Å². The molecule has 0 aromatic carbocycles. The summed E-state index contributed by atoms with van der Waals surface area (Å²) in [6, 6.07) is 0. The maximum Gasteiger partial charge on any atom is 0.265 e. The van der Waals surface area contributed by atoms with Gasteiger partial charge in [-0.3, -0.25) is 4.79 Å². The molecule has 1 amide bonds. The normalized spacial score (nSPS) is 21.4. The van der Waals surface area contributed by atoms with Crippen molar-refractivity contribution >= 4 is 28.2 Å². The minimum atomic E-state index is -0.432. The number of anilines is 2. The van der Waals surface area contributed by atoms with E-state index in [0.29, 0.717) is 29.8 Å². The average molecular weight is 314 g/mol. The SMILES string of the molecule is CCCNc1nc(N)c(C(=O)NCC2(OC)CCOC2)s1. The number of hydrogen-bond acceptors (Lipinski definition) is 7. The summed E-state index contributed by atoms with van der Waals surface area (Å²) in [6.07, 6.45) is 1.75. The number of carbonyl (C=O) groups is 1. The van der Waals surface area contributed by atoms with E-state index in [9.17, 15) is 4.79 Å². The highest BCUT2D eigenvalue weighted by Gasteiger charge is 2.35. The summed E-state index contributed by atoms with van der Waals surface area (Å²) in [7, 11) is 1.63. The Morgan fingerprint density at radius 3 is 3.05 bits per heavy atom. The number of thiazole rings is 1. The summed E-state index contributed by atoms with van der Waals surface area (Å²) < 4.78 is 10.8. The predicted molar refractivity (Wildman–Crippen MR) is 82.8 cm³/mol. The number of rotatable bonds is 7. The number of nitrogens with two attached hydrogens (primary N) is 1. The first kappa shape index (κ1) is 16.0. The molecule has 1 aliphatic rings. The third kappa shape index (κ3) is 3.84. The van der Waals surface area contributed by atoms with E-state index in [1.807, 2.05) is 0 Å². The van der Waals surface area contributed by atoms with Crippen LogP contribution in [0.4, 0.5) is 10.9 Å². The van der Waals surface area contributed by atoms with Crippen LogP contribution in [0.2, 0.25) is 0 Å². The molecule has 21 heavy (non-hydrogen) atoms. The van der Waals surface area contributed by atoms with Crippen molar-refractivity contribution in [3.63, 3.8) is 0 Å². The van der Waals surface area contributed by atoms with Gasteiger partial charge in [0, 0.05) is 33.2 Å². The zero-order valence-corrected chi connectivity index (χ0v) is 13.2. The third-order valence-electron chi connectivity index (χ3n) is 3.46. The Morgan fingerprint density at radius 1 is 1.62 bits per heavy atom. The highest BCUT2D eigenvalue weighted by molar-refractivity contribution is 7.18. The van der Waals surface area contributed by atoms with E-state index < -0.39 is 5.60 Å². The van der Waals surface area contributed by atoms with Crippen LogP contribution in [0.1, 0.15) is 29.4 Å². The second kappa shape index (κ2) is 7.06. The van der Waals surface area contributed by atoms with Gasteiger partial charge in [-0.15, -0.1) is 0 Å². The van der Waals surface area contributed by atoms with Crippen molar-refractivity contribution in [1.82, 2.24) is 10.3 Å². The largest absolute Gasteiger partial charge is 0.382 e. The zero-order valence-electron chi connectivity index (χ0n) is 12.4. The molecule has 0 radical (unpaired) electrons. The average Bonchev–Trinajstić information content (AvgIpc) is 3.10. The monoisotopic (exact) mass is 314 g/mol. The fourth-order valence-corrected chi connectivity index (χ4v) is 2.91. The molecule has 1 aromatic heterocycles. The molecule has 2 rings (SSSR count). The molecule has 1 fully saturated rings. The number of nitrogens with zero attached hydrogens (tertiary/aromatic N) is 1. The van der Waals surface area contributed by atoms with Crippen molar-refractivity contribution in [2.24, 2.45) is 0 Å². The first-order valence-electron chi connectivity index (χ1n) is 7.01. The lowest BCUT2D eigenvalue weighted by Crippen LogP contribution is -2.44. The summed E-state index contributed by atoms with van der Waals surface area (Å²) in [4.78, 5) is 16.8. The van der Waals surface area contributed by atoms with Crippen molar-refractivity contribution < 1.29 is 14.3 Å². The van der Waals surface area contributed by atoms with E-state index in [4.69, 9.17) is 15.2 Å². The van der Waals surface area contributed by atoms with Gasteiger partial charge in [0.2, 0.25) is 0 Å². The molecule has 4 N–H and O–H groups in total. The van der Waals surface area contributed by atoms with Crippen molar-refractivity contribution in [3.8, 4) is 0 Å². The molecule has 0 saturated carbocycles. The molecule has 1 aromatic rings. The number of aromatic nitrogens is 1. The number of nitrogens with one attached hydrogen (secondary N) is 2. The highest BCUT2D eigenvalue weighted by Crippen LogP contribution is 2.26. The molecule has 8 heteroatoms. The van der Waals surface area contributed by atoms with Crippen molar-refractivity contribution in [2.75, 3.05) is 44.5 Å². The van der Waals surface area contributed by atoms with Crippen LogP contribution in [-0.2, 0) is 9.47 Å². The smallest absolute Gasteiger partial charge is 0.265 e. The fraction of sp³-hybridized carbons (Fsp3) is 0.692. The molecule has 1 unspecified atom stereocenters. The van der Waals surface area contributed by atoms with Gasteiger partial charge in [-0.1, -0.05) is 18.3 Å². The number of carbonyl (C=O) groups excluding carboxylic acids is 1. The van der Waals surface area contributed by atoms with Crippen LogP contribution in [0.3, 0.4) is 0 Å². The zero-order chi connectivity index (χ0) is 15.3. The molecule has 0 aliphatic carbocycles. The van der Waals surface area contributed by atoms with Crippen LogP contribution in [0.5, 0.6) is 0 Å². The van der Waals surface area contributed by atoms with Crippen molar-refractivity contribution in [3.05, 3.63) is 4.88 Å². The predicted octanol–water partition coefficient (Wildman–Crippen LogP) is 1.08. The molecular weight excluding hydrogens is 292 g/mol. The lowest BCUT2D eigenvalue weighted by atomic mass is 10.0. The minimum absolute atomic E-state index is 0.224. The van der Waals surface area contributed by atoms with E-state index in [1.54, 1.807) is 7.11 Å². The van der Waals surface area contributed by atoms with Crippen LogP contribution in [0.15, 0.2) is 0 Å². The Morgan fingerprint density at radius 2 is 2.43 bits per heavy atom. The van der Waals surface area contributed by atoms with Gasteiger partial charge in [-0.05, 0) is 6.42 Å². The van der Waals surface area contributed by atoms with E-state index >= 15 is 0 Å². The lowest BCUT2D eigenvalue weighted by molar-refractivity contribution is -0.0148. The molecule has 1 aliphatic heterocycles. The number of ether oxygens (including phenoxy) is 2. The standard InChI is InChI=1S/C13H22N4O3S/c1-3-5-15-12-17-10(14)9(21-12)11(18)16-7-13(19-2)4-6-20-8-13/h3-8,14H2,1-2H3,(H,15,17)(H,16,18). The maximum absolute atomic E-state index is 12.2. The van der Waals surface area contributed by atoms with Crippen LogP contribution in [0, 0.1) is 0 Å². The van der Waals surface area contributed by atoms with E-state index in [-0.39, 0.29) is 11.7 Å². The molecule has 2 heterocycles. The summed E-state index contributed by atoms with van der Waals surface area (Å²) in [6.45, 7) is 4.41. The van der Waals surface area contributed by atoms with Crippen LogP contribution >= 0.6 is 11.3 Å². The van der Waals surface area contributed by atoms with Gasteiger partial charge in [0.05, 0.1) is 6.61 Å². The molecule has 1 saturated heterocycles. The Balaban J connectivity index is 1.95. The van der Waals surface area contributed by atoms with Crippen LogP contribution in [-0.4, -0.2) is 49.9 Å². The molecule has 0 bridgehead atoms. The Bertz CT molecular complexity index is 486. The fourth-order valence-electron chi connectivity index (χ4n) is 2.08. The molecule has 0 spiro atoms. The van der Waals surface area contributed by atoms with Crippen LogP contribution < -0.4 is 16.4 Å². The summed E-state index contributed by atoms with van der Waals surface area (Å²) in [5, 5.41) is 6.66. The minimum Gasteiger partial charge on any atom is -0.382 e. The van der Waals surface area contributed by atoms with Crippen molar-refractivity contribution in [1.29, 1.82) is 0 Å². The van der Waals surface area contributed by atoms with Gasteiger partial charge in [0.1, 0.15) is 16.3 Å². The van der Waals surface area contributed by atoms with Gasteiger partial charge in [0.25, 0.3) is 5.91 Å². The quantitative estimate of drug-likeness (QED) is 0.696.